The molecule has 0 spiro atoms. The lowest BCUT2D eigenvalue weighted by atomic mass is 10.2. The van der Waals surface area contributed by atoms with E-state index in [9.17, 15) is 13.2 Å². The molecule has 0 unspecified atom stereocenters. The quantitative estimate of drug-likeness (QED) is 0.544. The van der Waals surface area contributed by atoms with Gasteiger partial charge in [0.05, 0.1) is 21.3 Å². The number of amides is 1. The van der Waals surface area contributed by atoms with Gasteiger partial charge in [0.2, 0.25) is 0 Å². The summed E-state index contributed by atoms with van der Waals surface area (Å²) < 4.78 is 27.1. The van der Waals surface area contributed by atoms with Crippen LogP contribution in [0.4, 0.5) is 11.4 Å². The summed E-state index contributed by atoms with van der Waals surface area (Å²) in [6.07, 6.45) is 0. The molecule has 0 saturated heterocycles. The Hall–Kier alpha value is -2.54. The predicted octanol–water partition coefficient (Wildman–Crippen LogP) is 5.46. The van der Waals surface area contributed by atoms with Gasteiger partial charge < -0.3 is 5.32 Å². The fraction of sp³-hybridized carbons (Fsp3) is 0.0952. The highest BCUT2D eigenvalue weighted by Crippen LogP contribution is 2.27. The number of benzene rings is 3. The molecule has 0 saturated carbocycles. The van der Waals surface area contributed by atoms with Gasteiger partial charge in [0, 0.05) is 17.1 Å². The molecule has 3 aromatic carbocycles. The van der Waals surface area contributed by atoms with Crippen LogP contribution in [0.2, 0.25) is 10.0 Å². The molecule has 0 fully saturated rings. The molecule has 0 heterocycles. The lowest BCUT2D eigenvalue weighted by Gasteiger charge is -2.23. The summed E-state index contributed by atoms with van der Waals surface area (Å²) in [6.45, 7) is 2.00. The van der Waals surface area contributed by atoms with Crippen molar-refractivity contribution in [3.05, 3.63) is 88.4 Å². The zero-order chi connectivity index (χ0) is 21.0. The fourth-order valence-electron chi connectivity index (χ4n) is 2.78. The highest BCUT2D eigenvalue weighted by Gasteiger charge is 2.23. The minimum atomic E-state index is -3.70. The van der Waals surface area contributed by atoms with Crippen LogP contribution in [0.5, 0.6) is 0 Å². The molecule has 1 N–H and O–H groups in total. The summed E-state index contributed by atoms with van der Waals surface area (Å²) in [4.78, 5) is 12.7. The average molecular weight is 449 g/mol. The predicted molar refractivity (Wildman–Crippen MR) is 118 cm³/mol. The van der Waals surface area contributed by atoms with Crippen LogP contribution in [0.25, 0.3) is 0 Å². The molecular weight excluding hydrogens is 431 g/mol. The van der Waals surface area contributed by atoms with E-state index in [1.54, 1.807) is 79.7 Å². The van der Waals surface area contributed by atoms with Crippen LogP contribution in [0.3, 0.4) is 0 Å². The first-order valence-electron chi connectivity index (χ1n) is 8.77. The van der Waals surface area contributed by atoms with Gasteiger partial charge in [0.1, 0.15) is 0 Å². The van der Waals surface area contributed by atoms with Crippen molar-refractivity contribution in [1.82, 2.24) is 0 Å². The van der Waals surface area contributed by atoms with Crippen LogP contribution in [0.1, 0.15) is 17.3 Å². The van der Waals surface area contributed by atoms with Crippen LogP contribution in [-0.4, -0.2) is 20.9 Å². The Balaban J connectivity index is 1.83. The summed E-state index contributed by atoms with van der Waals surface area (Å²) in [6, 6.07) is 19.3. The van der Waals surface area contributed by atoms with E-state index < -0.39 is 10.0 Å². The number of sulfonamides is 1. The van der Waals surface area contributed by atoms with Gasteiger partial charge in [-0.1, -0.05) is 41.4 Å². The van der Waals surface area contributed by atoms with E-state index in [2.05, 4.69) is 5.32 Å². The Morgan fingerprint density at radius 2 is 1.62 bits per heavy atom. The average Bonchev–Trinajstić information content (AvgIpc) is 2.72. The smallest absolute Gasteiger partial charge is 0.264 e. The van der Waals surface area contributed by atoms with Crippen LogP contribution >= 0.6 is 23.2 Å². The number of rotatable bonds is 6. The Morgan fingerprint density at radius 1 is 0.966 bits per heavy atom. The zero-order valence-corrected chi connectivity index (χ0v) is 17.8. The molecular formula is C21H18Cl2N2O3S. The van der Waals surface area contributed by atoms with Crippen molar-refractivity contribution < 1.29 is 13.2 Å². The van der Waals surface area contributed by atoms with E-state index >= 15 is 0 Å². The Bertz CT molecular complexity index is 1120. The van der Waals surface area contributed by atoms with Gasteiger partial charge in [0.15, 0.2) is 0 Å². The number of halogens is 2. The number of nitrogens with zero attached hydrogens (tertiary/aromatic N) is 1. The third-order valence-electron chi connectivity index (χ3n) is 4.21. The van der Waals surface area contributed by atoms with Gasteiger partial charge in [-0.25, -0.2) is 8.42 Å². The van der Waals surface area contributed by atoms with Gasteiger partial charge in [-0.15, -0.1) is 0 Å². The maximum Gasteiger partial charge on any atom is 0.264 e. The van der Waals surface area contributed by atoms with Crippen molar-refractivity contribution >= 4 is 50.5 Å². The monoisotopic (exact) mass is 448 g/mol. The van der Waals surface area contributed by atoms with Crippen molar-refractivity contribution in [2.24, 2.45) is 0 Å². The Kier molecular flexibility index (Phi) is 6.47. The van der Waals surface area contributed by atoms with Crippen molar-refractivity contribution in [3.63, 3.8) is 0 Å². The molecule has 0 aliphatic rings. The van der Waals surface area contributed by atoms with Crippen molar-refractivity contribution in [3.8, 4) is 0 Å². The molecule has 0 radical (unpaired) electrons. The molecule has 5 nitrogen and oxygen atoms in total. The van der Waals surface area contributed by atoms with E-state index in [1.807, 2.05) is 0 Å². The summed E-state index contributed by atoms with van der Waals surface area (Å²) in [5.41, 5.74) is 1.22. The number of anilines is 2. The second-order valence-electron chi connectivity index (χ2n) is 6.11. The van der Waals surface area contributed by atoms with E-state index in [4.69, 9.17) is 23.2 Å². The van der Waals surface area contributed by atoms with E-state index in [-0.39, 0.29) is 17.3 Å². The maximum absolute atomic E-state index is 12.9. The highest BCUT2D eigenvalue weighted by atomic mass is 35.5. The largest absolute Gasteiger partial charge is 0.321 e. The lowest BCUT2D eigenvalue weighted by Crippen LogP contribution is -2.30. The van der Waals surface area contributed by atoms with Crippen LogP contribution in [0, 0.1) is 0 Å². The van der Waals surface area contributed by atoms with Crippen molar-refractivity contribution in [2.75, 3.05) is 16.2 Å². The summed E-state index contributed by atoms with van der Waals surface area (Å²) in [5.74, 6) is -0.380. The molecule has 0 bridgehead atoms. The van der Waals surface area contributed by atoms with Gasteiger partial charge in [-0.05, 0) is 61.5 Å². The SMILES string of the molecule is CCN(c1ccc(C(=O)Nc2cc(Cl)ccc2Cl)cc1)S(=O)(=O)c1ccccc1. The van der Waals surface area contributed by atoms with Gasteiger partial charge in [-0.2, -0.15) is 0 Å². The Labute approximate surface area is 179 Å². The van der Waals surface area contributed by atoms with Crippen LogP contribution in [-0.2, 0) is 10.0 Å². The number of hydrogen-bond donors (Lipinski definition) is 1. The number of carbonyl (C=O) groups excluding carboxylic acids is 1. The molecule has 0 aliphatic heterocycles. The molecule has 29 heavy (non-hydrogen) atoms. The number of hydrogen-bond acceptors (Lipinski definition) is 3. The normalized spacial score (nSPS) is 11.1. The first kappa shape index (κ1) is 21.2. The number of nitrogens with one attached hydrogen (secondary N) is 1. The summed E-state index contributed by atoms with van der Waals surface area (Å²) >= 11 is 12.0. The molecule has 150 valence electrons. The van der Waals surface area contributed by atoms with Gasteiger partial charge in [-0.3, -0.25) is 9.10 Å². The molecule has 3 rings (SSSR count). The van der Waals surface area contributed by atoms with E-state index in [1.165, 1.54) is 4.31 Å². The van der Waals surface area contributed by atoms with Crippen molar-refractivity contribution in [2.45, 2.75) is 11.8 Å². The molecule has 0 aromatic heterocycles. The maximum atomic E-state index is 12.9. The van der Waals surface area contributed by atoms with Gasteiger partial charge in [0.25, 0.3) is 15.9 Å². The first-order chi connectivity index (χ1) is 13.8. The molecule has 8 heteroatoms. The van der Waals surface area contributed by atoms with Crippen LogP contribution < -0.4 is 9.62 Å². The molecule has 1 amide bonds. The summed E-state index contributed by atoms with van der Waals surface area (Å²) in [7, 11) is -3.70. The van der Waals surface area contributed by atoms with Crippen LogP contribution in [0.15, 0.2) is 77.7 Å². The van der Waals surface area contributed by atoms with E-state index in [0.29, 0.717) is 27.0 Å². The minimum Gasteiger partial charge on any atom is -0.321 e. The molecule has 0 aliphatic carbocycles. The summed E-state index contributed by atoms with van der Waals surface area (Å²) in [5, 5.41) is 3.51. The third-order valence-corrected chi connectivity index (χ3v) is 6.69. The minimum absolute atomic E-state index is 0.208. The fourth-order valence-corrected chi connectivity index (χ4v) is 4.61. The third kappa shape index (κ3) is 4.72. The standard InChI is InChI=1S/C21H18Cl2N2O3S/c1-2-25(29(27,28)18-6-4-3-5-7-18)17-11-8-15(9-12-17)21(26)24-20-14-16(22)10-13-19(20)23/h3-14H,2H2,1H3,(H,24,26). The lowest BCUT2D eigenvalue weighted by molar-refractivity contribution is 0.102. The van der Waals surface area contributed by atoms with E-state index in [0.717, 1.165) is 0 Å². The van der Waals surface area contributed by atoms with Crippen molar-refractivity contribution in [1.29, 1.82) is 0 Å². The molecule has 3 aromatic rings. The second-order valence-corrected chi connectivity index (χ2v) is 8.81. The first-order valence-corrected chi connectivity index (χ1v) is 11.0. The van der Waals surface area contributed by atoms with Gasteiger partial charge >= 0.3 is 0 Å². The molecule has 0 atom stereocenters. The number of carbonyl (C=O) groups is 1. The topological polar surface area (TPSA) is 66.5 Å². The highest BCUT2D eigenvalue weighted by molar-refractivity contribution is 7.92. The second kappa shape index (κ2) is 8.86. The Morgan fingerprint density at radius 3 is 2.24 bits per heavy atom. The zero-order valence-electron chi connectivity index (χ0n) is 15.5.